The van der Waals surface area contributed by atoms with Gasteiger partial charge in [0.25, 0.3) is 0 Å². The molecule has 0 bridgehead atoms. The number of nitrogens with one attached hydrogen (secondary N) is 2. The van der Waals surface area contributed by atoms with Crippen molar-refractivity contribution >= 4 is 18.0 Å². The van der Waals surface area contributed by atoms with Crippen LogP contribution in [0.5, 0.6) is 0 Å². The highest BCUT2D eigenvalue weighted by Gasteiger charge is 2.37. The van der Waals surface area contributed by atoms with Gasteiger partial charge in [-0.1, -0.05) is 54.6 Å². The van der Waals surface area contributed by atoms with Crippen LogP contribution in [0.1, 0.15) is 42.9 Å². The summed E-state index contributed by atoms with van der Waals surface area (Å²) in [4.78, 5) is 26.4. The van der Waals surface area contributed by atoms with Crippen molar-refractivity contribution in [1.29, 1.82) is 10.5 Å². The lowest BCUT2D eigenvalue weighted by molar-refractivity contribution is -0.139. The van der Waals surface area contributed by atoms with E-state index >= 15 is 0 Å². The largest absolute Gasteiger partial charge is 0.461 e. The van der Waals surface area contributed by atoms with Gasteiger partial charge in [-0.05, 0) is 37.1 Å². The van der Waals surface area contributed by atoms with Crippen LogP contribution in [0.15, 0.2) is 83.2 Å². The lowest BCUT2D eigenvalue weighted by Crippen LogP contribution is -2.36. The first-order valence-electron chi connectivity index (χ1n) is 11.2. The predicted molar refractivity (Wildman–Crippen MR) is 132 cm³/mol. The van der Waals surface area contributed by atoms with Gasteiger partial charge in [0, 0.05) is 23.5 Å². The van der Waals surface area contributed by atoms with Gasteiger partial charge in [-0.3, -0.25) is 4.79 Å². The Bertz CT molecular complexity index is 1280. The maximum atomic E-state index is 13.4. The molecule has 0 saturated heterocycles. The zero-order chi connectivity index (χ0) is 25.2. The summed E-state index contributed by atoms with van der Waals surface area (Å²) in [6, 6.07) is 20.6. The highest BCUT2D eigenvalue weighted by atomic mass is 16.5. The van der Waals surface area contributed by atoms with E-state index in [4.69, 9.17) is 10.00 Å². The van der Waals surface area contributed by atoms with Crippen LogP contribution in [0.2, 0.25) is 0 Å². The first kappa shape index (κ1) is 25.0. The number of rotatable bonds is 8. The van der Waals surface area contributed by atoms with Gasteiger partial charge >= 0.3 is 5.97 Å². The van der Waals surface area contributed by atoms with E-state index in [1.807, 2.05) is 48.6 Å². The van der Waals surface area contributed by atoms with E-state index in [1.54, 1.807) is 38.1 Å². The lowest BCUT2D eigenvalue weighted by Gasteiger charge is -2.31. The molecule has 1 atom stereocenters. The van der Waals surface area contributed by atoms with Crippen molar-refractivity contribution in [2.45, 2.75) is 26.2 Å². The number of nitrogens with zero attached hydrogens (tertiary/aromatic N) is 2. The minimum absolute atomic E-state index is 0.0500. The zero-order valence-electron chi connectivity index (χ0n) is 19.7. The van der Waals surface area contributed by atoms with Crippen LogP contribution in [0, 0.1) is 22.7 Å². The number of nitriles is 2. The normalized spacial score (nSPS) is 15.3. The van der Waals surface area contributed by atoms with E-state index in [1.165, 1.54) is 0 Å². The molecular formula is C28H26N4O3. The number of dihydropyridines is 1. The molecule has 0 saturated carbocycles. The number of amides is 1. The molecule has 1 aliphatic rings. The van der Waals surface area contributed by atoms with Crippen molar-refractivity contribution in [3.63, 3.8) is 0 Å². The smallest absolute Gasteiger partial charge is 0.336 e. The van der Waals surface area contributed by atoms with Gasteiger partial charge < -0.3 is 15.4 Å². The fourth-order valence-electron chi connectivity index (χ4n) is 3.96. The highest BCUT2D eigenvalue weighted by molar-refractivity contribution is 6.02. The molecule has 0 spiro atoms. The number of esters is 1. The second-order valence-corrected chi connectivity index (χ2v) is 7.94. The molecule has 1 unspecified atom stereocenters. The van der Waals surface area contributed by atoms with E-state index < -0.39 is 11.9 Å². The van der Waals surface area contributed by atoms with Crippen molar-refractivity contribution in [2.24, 2.45) is 0 Å². The summed E-state index contributed by atoms with van der Waals surface area (Å²) in [6.07, 6.45) is 3.83. The molecule has 3 rings (SSSR count). The average Bonchev–Trinajstić information content (AvgIpc) is 2.86. The third kappa shape index (κ3) is 6.25. The van der Waals surface area contributed by atoms with E-state index in [2.05, 4.69) is 16.7 Å². The predicted octanol–water partition coefficient (Wildman–Crippen LogP) is 4.08. The molecule has 0 aliphatic carbocycles. The van der Waals surface area contributed by atoms with Crippen LogP contribution in [0.3, 0.4) is 0 Å². The zero-order valence-corrected chi connectivity index (χ0v) is 19.7. The van der Waals surface area contributed by atoms with E-state index in [0.717, 1.165) is 5.56 Å². The maximum Gasteiger partial charge on any atom is 0.336 e. The summed E-state index contributed by atoms with van der Waals surface area (Å²) in [5.41, 5.74) is 3.86. The number of benzene rings is 2. The fraction of sp³-hybridized carbons (Fsp3) is 0.214. The maximum absolute atomic E-state index is 13.4. The quantitative estimate of drug-likeness (QED) is 0.447. The van der Waals surface area contributed by atoms with Crippen molar-refractivity contribution in [3.8, 4) is 12.1 Å². The Morgan fingerprint density at radius 2 is 1.80 bits per heavy atom. The van der Waals surface area contributed by atoms with Gasteiger partial charge in [0.15, 0.2) is 0 Å². The molecule has 2 aromatic rings. The number of ether oxygens (including phenoxy) is 1. The number of hydrogen-bond acceptors (Lipinski definition) is 6. The van der Waals surface area contributed by atoms with E-state index in [-0.39, 0.29) is 24.5 Å². The van der Waals surface area contributed by atoms with Gasteiger partial charge in [0.2, 0.25) is 5.91 Å². The molecule has 1 amide bonds. The highest BCUT2D eigenvalue weighted by Crippen LogP contribution is 2.39. The van der Waals surface area contributed by atoms with E-state index in [9.17, 15) is 14.9 Å². The number of hydrogen-bond donors (Lipinski definition) is 2. The average molecular weight is 467 g/mol. The van der Waals surface area contributed by atoms with Crippen molar-refractivity contribution in [2.75, 3.05) is 13.2 Å². The lowest BCUT2D eigenvalue weighted by atomic mass is 9.79. The molecule has 2 aromatic carbocycles. The molecule has 7 nitrogen and oxygen atoms in total. The Balaban J connectivity index is 1.92. The second-order valence-electron chi connectivity index (χ2n) is 7.94. The van der Waals surface area contributed by atoms with Gasteiger partial charge in [0.1, 0.15) is 6.61 Å². The van der Waals surface area contributed by atoms with Crippen LogP contribution >= 0.6 is 0 Å². The standard InChI is InChI=1S/C28H26N4O3/c1-19-24(27(33)31-15-7-12-21-9-4-3-5-10-21)26(23-13-6-11-22(17-23)18-30)25(20(2)32-19)28(34)35-16-8-14-29/h3-7,9-13,17,26,32H,8,15-16H2,1-2H3,(H,31,33). The minimum atomic E-state index is -0.739. The van der Waals surface area contributed by atoms with E-state index in [0.29, 0.717) is 34.6 Å². The molecule has 1 heterocycles. The van der Waals surface area contributed by atoms with Crippen molar-refractivity contribution in [1.82, 2.24) is 10.6 Å². The second kappa shape index (κ2) is 12.0. The van der Waals surface area contributed by atoms with Crippen molar-refractivity contribution < 1.29 is 14.3 Å². The molecule has 2 N–H and O–H groups in total. The Hall–Kier alpha value is -4.62. The van der Waals surface area contributed by atoms with Gasteiger partial charge in [-0.15, -0.1) is 0 Å². The first-order valence-corrected chi connectivity index (χ1v) is 11.2. The molecular weight excluding hydrogens is 440 g/mol. The van der Waals surface area contributed by atoms with Gasteiger partial charge in [0.05, 0.1) is 35.6 Å². The Morgan fingerprint density at radius 1 is 1.06 bits per heavy atom. The van der Waals surface area contributed by atoms with Crippen molar-refractivity contribution in [3.05, 3.63) is 99.9 Å². The molecule has 0 radical (unpaired) electrons. The minimum Gasteiger partial charge on any atom is -0.461 e. The molecule has 35 heavy (non-hydrogen) atoms. The van der Waals surface area contributed by atoms with Gasteiger partial charge in [-0.2, -0.15) is 10.5 Å². The Labute approximate surface area is 205 Å². The summed E-state index contributed by atoms with van der Waals surface area (Å²) < 4.78 is 5.32. The van der Waals surface area contributed by atoms with Gasteiger partial charge in [-0.25, -0.2) is 4.79 Å². The molecule has 7 heteroatoms. The summed E-state index contributed by atoms with van der Waals surface area (Å²) in [7, 11) is 0. The monoisotopic (exact) mass is 466 g/mol. The van der Waals surface area contributed by atoms with Crippen LogP contribution in [-0.2, 0) is 14.3 Å². The third-order valence-electron chi connectivity index (χ3n) is 5.51. The molecule has 1 aliphatic heterocycles. The molecule has 0 fully saturated rings. The Morgan fingerprint density at radius 3 is 2.51 bits per heavy atom. The van der Waals surface area contributed by atoms with Crippen LogP contribution in [0.4, 0.5) is 0 Å². The fourth-order valence-corrected chi connectivity index (χ4v) is 3.96. The SMILES string of the molecule is CC1=C(C(=O)NCC=Cc2ccccc2)C(c2cccc(C#N)c2)C(C(=O)OCCC#N)=C(C)N1. The summed E-state index contributed by atoms with van der Waals surface area (Å²) in [5.74, 6) is -1.69. The number of carbonyl (C=O) groups excluding carboxylic acids is 2. The number of carbonyl (C=O) groups is 2. The third-order valence-corrected chi connectivity index (χ3v) is 5.51. The van der Waals surface area contributed by atoms with Crippen LogP contribution in [-0.4, -0.2) is 25.0 Å². The molecule has 0 aromatic heterocycles. The molecule has 176 valence electrons. The first-order chi connectivity index (χ1) is 17.0. The summed E-state index contributed by atoms with van der Waals surface area (Å²) in [5, 5.41) is 24.2. The van der Waals surface area contributed by atoms with Crippen LogP contribution < -0.4 is 10.6 Å². The summed E-state index contributed by atoms with van der Waals surface area (Å²) in [6.45, 7) is 3.76. The number of allylic oxidation sites excluding steroid dienone is 2. The van der Waals surface area contributed by atoms with Crippen LogP contribution in [0.25, 0.3) is 6.08 Å². The Kier molecular flexibility index (Phi) is 8.59. The summed E-state index contributed by atoms with van der Waals surface area (Å²) >= 11 is 0. The topological polar surface area (TPSA) is 115 Å².